The summed E-state index contributed by atoms with van der Waals surface area (Å²) in [5.41, 5.74) is 1.33. The number of alkyl halides is 2. The molecule has 126 valence electrons. The summed E-state index contributed by atoms with van der Waals surface area (Å²) < 4.78 is 25.3. The number of halogens is 2. The first-order valence-corrected chi connectivity index (χ1v) is 8.10. The molecule has 4 nitrogen and oxygen atoms in total. The summed E-state index contributed by atoms with van der Waals surface area (Å²) in [5, 5.41) is 2.95. The van der Waals surface area contributed by atoms with Crippen LogP contribution in [-0.2, 0) is 0 Å². The summed E-state index contributed by atoms with van der Waals surface area (Å²) >= 11 is 0. The first-order chi connectivity index (χ1) is 11.0. The summed E-state index contributed by atoms with van der Waals surface area (Å²) in [4.78, 5) is 18.6. The number of hydrogen-bond donors (Lipinski definition) is 2. The average Bonchev–Trinajstić information content (AvgIpc) is 2.95. The highest BCUT2D eigenvalue weighted by Crippen LogP contribution is 2.20. The number of aromatic amines is 1. The van der Waals surface area contributed by atoms with Crippen LogP contribution in [0.2, 0.25) is 0 Å². The molecule has 0 aliphatic heterocycles. The number of unbranched alkanes of at least 4 members (excludes halogenated alkanes) is 3. The Morgan fingerprint density at radius 3 is 2.78 bits per heavy atom. The van der Waals surface area contributed by atoms with Crippen molar-refractivity contribution in [3.8, 4) is 0 Å². The lowest BCUT2D eigenvalue weighted by Crippen LogP contribution is -2.32. The van der Waals surface area contributed by atoms with Gasteiger partial charge in [0.25, 0.3) is 12.3 Å². The number of rotatable bonds is 8. The maximum atomic E-state index is 12.6. The number of nitrogens with one attached hydrogen (secondary N) is 2. The van der Waals surface area contributed by atoms with E-state index in [0.29, 0.717) is 16.6 Å². The van der Waals surface area contributed by atoms with Crippen molar-refractivity contribution in [2.75, 3.05) is 0 Å². The van der Waals surface area contributed by atoms with Crippen molar-refractivity contribution in [2.45, 2.75) is 58.4 Å². The Hall–Kier alpha value is -1.98. The summed E-state index contributed by atoms with van der Waals surface area (Å²) in [7, 11) is 0. The predicted molar refractivity (Wildman–Crippen MR) is 86.7 cm³/mol. The standard InChI is InChI=1S/C17H23F2N3O/c1-3-4-5-6-7-11(2)20-17(23)12-8-9-13-14(10-12)22-16(21-13)15(18)19/h8-11,15H,3-7H2,1-2H3,(H,20,23)(H,21,22). The smallest absolute Gasteiger partial charge is 0.295 e. The molecule has 1 aromatic heterocycles. The molecular formula is C17H23F2N3O. The number of H-pyrrole nitrogens is 1. The van der Waals surface area contributed by atoms with Gasteiger partial charge < -0.3 is 10.3 Å². The van der Waals surface area contributed by atoms with Crippen LogP contribution in [0, 0.1) is 0 Å². The van der Waals surface area contributed by atoms with Crippen molar-refractivity contribution in [1.29, 1.82) is 0 Å². The Balaban J connectivity index is 1.97. The van der Waals surface area contributed by atoms with Gasteiger partial charge in [0.1, 0.15) is 0 Å². The lowest BCUT2D eigenvalue weighted by molar-refractivity contribution is 0.0938. The fourth-order valence-corrected chi connectivity index (χ4v) is 2.53. The van der Waals surface area contributed by atoms with Crippen LogP contribution in [-0.4, -0.2) is 21.9 Å². The molecule has 0 fully saturated rings. The average molecular weight is 323 g/mol. The molecule has 0 saturated heterocycles. The number of carbonyl (C=O) groups excluding carboxylic acids is 1. The normalized spacial score (nSPS) is 12.7. The summed E-state index contributed by atoms with van der Waals surface area (Å²) in [6, 6.07) is 4.84. The second-order valence-electron chi connectivity index (χ2n) is 5.88. The molecule has 23 heavy (non-hydrogen) atoms. The van der Waals surface area contributed by atoms with Crippen LogP contribution in [0.1, 0.15) is 68.6 Å². The van der Waals surface area contributed by atoms with Gasteiger partial charge in [-0.25, -0.2) is 13.8 Å². The fraction of sp³-hybridized carbons (Fsp3) is 0.529. The lowest BCUT2D eigenvalue weighted by Gasteiger charge is -2.13. The third-order valence-corrected chi connectivity index (χ3v) is 3.84. The zero-order chi connectivity index (χ0) is 16.8. The Morgan fingerprint density at radius 1 is 1.30 bits per heavy atom. The number of imidazole rings is 1. The van der Waals surface area contributed by atoms with Crippen molar-refractivity contribution in [3.63, 3.8) is 0 Å². The Kier molecular flexibility index (Phi) is 6.07. The van der Waals surface area contributed by atoms with Crippen LogP contribution in [0.4, 0.5) is 8.78 Å². The Morgan fingerprint density at radius 2 is 2.09 bits per heavy atom. The number of benzene rings is 1. The highest BCUT2D eigenvalue weighted by Gasteiger charge is 2.15. The molecular weight excluding hydrogens is 300 g/mol. The molecule has 0 bridgehead atoms. The van der Waals surface area contributed by atoms with E-state index < -0.39 is 6.43 Å². The third kappa shape index (κ3) is 4.74. The first-order valence-electron chi connectivity index (χ1n) is 8.10. The second kappa shape index (κ2) is 8.04. The molecule has 1 amide bonds. The van der Waals surface area contributed by atoms with Crippen LogP contribution in [0.15, 0.2) is 18.2 Å². The highest BCUT2D eigenvalue weighted by molar-refractivity contribution is 5.97. The Labute approximate surface area is 134 Å². The molecule has 2 aromatic rings. The zero-order valence-corrected chi connectivity index (χ0v) is 13.5. The van der Waals surface area contributed by atoms with Gasteiger partial charge in [0, 0.05) is 11.6 Å². The van der Waals surface area contributed by atoms with Crippen LogP contribution in [0.25, 0.3) is 11.0 Å². The molecule has 2 rings (SSSR count). The SMILES string of the molecule is CCCCCCC(C)NC(=O)c1ccc2nc(C(F)F)[nH]c2c1. The molecule has 1 atom stereocenters. The number of amides is 1. The molecule has 0 saturated carbocycles. The summed E-state index contributed by atoms with van der Waals surface area (Å²) in [5.74, 6) is -0.565. The van der Waals surface area contributed by atoms with E-state index in [9.17, 15) is 13.6 Å². The molecule has 1 heterocycles. The summed E-state index contributed by atoms with van der Waals surface area (Å²) in [6.45, 7) is 4.14. The van der Waals surface area contributed by atoms with E-state index in [0.717, 1.165) is 12.8 Å². The maximum Gasteiger partial charge on any atom is 0.295 e. The van der Waals surface area contributed by atoms with Gasteiger partial charge in [-0.15, -0.1) is 0 Å². The van der Waals surface area contributed by atoms with Crippen molar-refractivity contribution in [2.24, 2.45) is 0 Å². The van der Waals surface area contributed by atoms with Gasteiger partial charge in [-0.05, 0) is 31.5 Å². The number of hydrogen-bond acceptors (Lipinski definition) is 2. The van der Waals surface area contributed by atoms with Crippen LogP contribution < -0.4 is 5.32 Å². The van der Waals surface area contributed by atoms with E-state index in [1.54, 1.807) is 18.2 Å². The topological polar surface area (TPSA) is 57.8 Å². The minimum absolute atomic E-state index is 0.0912. The lowest BCUT2D eigenvalue weighted by atomic mass is 10.1. The van der Waals surface area contributed by atoms with Crippen molar-refractivity contribution in [3.05, 3.63) is 29.6 Å². The van der Waals surface area contributed by atoms with E-state index in [-0.39, 0.29) is 17.8 Å². The largest absolute Gasteiger partial charge is 0.350 e. The number of carbonyl (C=O) groups is 1. The molecule has 2 N–H and O–H groups in total. The molecule has 1 aromatic carbocycles. The van der Waals surface area contributed by atoms with E-state index in [2.05, 4.69) is 22.2 Å². The predicted octanol–water partition coefficient (Wildman–Crippen LogP) is 4.59. The zero-order valence-electron chi connectivity index (χ0n) is 13.5. The fourth-order valence-electron chi connectivity index (χ4n) is 2.53. The molecule has 0 aliphatic rings. The van der Waals surface area contributed by atoms with E-state index >= 15 is 0 Å². The van der Waals surface area contributed by atoms with Crippen molar-refractivity contribution in [1.82, 2.24) is 15.3 Å². The second-order valence-corrected chi connectivity index (χ2v) is 5.88. The minimum atomic E-state index is -2.65. The molecule has 0 spiro atoms. The van der Waals surface area contributed by atoms with Gasteiger partial charge in [-0.1, -0.05) is 32.6 Å². The number of fused-ring (bicyclic) bond motifs is 1. The van der Waals surface area contributed by atoms with Gasteiger partial charge in [0.15, 0.2) is 5.82 Å². The van der Waals surface area contributed by atoms with Crippen LogP contribution in [0.5, 0.6) is 0 Å². The molecule has 6 heteroatoms. The van der Waals surface area contributed by atoms with Crippen LogP contribution >= 0.6 is 0 Å². The molecule has 1 unspecified atom stereocenters. The van der Waals surface area contributed by atoms with Gasteiger partial charge >= 0.3 is 0 Å². The third-order valence-electron chi connectivity index (χ3n) is 3.84. The van der Waals surface area contributed by atoms with Crippen molar-refractivity contribution < 1.29 is 13.6 Å². The first kappa shape index (κ1) is 17.4. The molecule has 0 aliphatic carbocycles. The van der Waals surface area contributed by atoms with Gasteiger partial charge in [0.05, 0.1) is 11.0 Å². The maximum absolute atomic E-state index is 12.6. The van der Waals surface area contributed by atoms with Gasteiger partial charge in [0.2, 0.25) is 0 Å². The van der Waals surface area contributed by atoms with E-state index in [1.165, 1.54) is 19.3 Å². The Bertz CT molecular complexity index is 654. The van der Waals surface area contributed by atoms with Gasteiger partial charge in [-0.2, -0.15) is 0 Å². The number of nitrogens with zero attached hydrogens (tertiary/aromatic N) is 1. The summed E-state index contributed by atoms with van der Waals surface area (Å²) in [6.07, 6.45) is 2.95. The monoisotopic (exact) mass is 323 g/mol. The quantitative estimate of drug-likeness (QED) is 0.698. The molecule has 0 radical (unpaired) electrons. The van der Waals surface area contributed by atoms with Crippen LogP contribution in [0.3, 0.4) is 0 Å². The number of aromatic nitrogens is 2. The van der Waals surface area contributed by atoms with Gasteiger partial charge in [-0.3, -0.25) is 4.79 Å². The van der Waals surface area contributed by atoms with E-state index in [1.807, 2.05) is 6.92 Å². The van der Waals surface area contributed by atoms with E-state index in [4.69, 9.17) is 0 Å². The van der Waals surface area contributed by atoms with Crippen molar-refractivity contribution >= 4 is 16.9 Å². The highest BCUT2D eigenvalue weighted by atomic mass is 19.3. The minimum Gasteiger partial charge on any atom is -0.350 e.